The minimum absolute atomic E-state index is 0.00308. The van der Waals surface area contributed by atoms with E-state index in [9.17, 15) is 9.59 Å². The number of carbonyl (C=O) groups excluding carboxylic acids is 2. The fraction of sp³-hybridized carbons (Fsp3) is 0.304. The summed E-state index contributed by atoms with van der Waals surface area (Å²) >= 11 is 0. The van der Waals surface area contributed by atoms with Crippen LogP contribution >= 0.6 is 0 Å². The van der Waals surface area contributed by atoms with Gasteiger partial charge >= 0.3 is 0 Å². The highest BCUT2D eigenvalue weighted by molar-refractivity contribution is 5.89. The standard InChI is InChI=1S/C23H25N3O2/c1-15(27)25-22(13-17-14-24-20-11-5-4-10-19(17)20)23(28)26-21-12-6-8-16-7-2-3-9-18(16)21/h2-5,7,9-11,14,21-22,24H,6,8,12-13H2,1H3,(H,25,27)(H,26,28)/t21-,22+/m1/s1. The molecule has 0 saturated carbocycles. The molecule has 2 aromatic carbocycles. The molecule has 3 aromatic rings. The first-order valence-corrected chi connectivity index (χ1v) is 9.82. The molecule has 0 bridgehead atoms. The number of H-pyrrole nitrogens is 1. The molecule has 144 valence electrons. The quantitative estimate of drug-likeness (QED) is 0.639. The number of aromatic nitrogens is 1. The van der Waals surface area contributed by atoms with Gasteiger partial charge in [0.1, 0.15) is 6.04 Å². The summed E-state index contributed by atoms with van der Waals surface area (Å²) < 4.78 is 0. The number of hydrogen-bond acceptors (Lipinski definition) is 2. The van der Waals surface area contributed by atoms with E-state index in [0.29, 0.717) is 6.42 Å². The van der Waals surface area contributed by atoms with Gasteiger partial charge in [0.25, 0.3) is 0 Å². The summed E-state index contributed by atoms with van der Waals surface area (Å²) in [7, 11) is 0. The third kappa shape index (κ3) is 3.79. The molecule has 0 radical (unpaired) electrons. The molecule has 1 heterocycles. The number of rotatable bonds is 5. The molecule has 0 aliphatic heterocycles. The molecule has 0 unspecified atom stereocenters. The van der Waals surface area contributed by atoms with E-state index < -0.39 is 6.04 Å². The molecule has 4 rings (SSSR count). The summed E-state index contributed by atoms with van der Waals surface area (Å²) in [6.07, 6.45) is 5.39. The molecule has 3 N–H and O–H groups in total. The van der Waals surface area contributed by atoms with Gasteiger partial charge in [-0.15, -0.1) is 0 Å². The van der Waals surface area contributed by atoms with Crippen molar-refractivity contribution in [2.45, 2.75) is 44.7 Å². The van der Waals surface area contributed by atoms with Crippen molar-refractivity contribution in [3.63, 3.8) is 0 Å². The van der Waals surface area contributed by atoms with Gasteiger partial charge in [-0.2, -0.15) is 0 Å². The molecule has 1 aliphatic rings. The van der Waals surface area contributed by atoms with Gasteiger partial charge in [-0.3, -0.25) is 9.59 Å². The Morgan fingerprint density at radius 3 is 2.79 bits per heavy atom. The Morgan fingerprint density at radius 2 is 1.93 bits per heavy atom. The third-order valence-corrected chi connectivity index (χ3v) is 5.48. The molecule has 1 aliphatic carbocycles. The fourth-order valence-corrected chi connectivity index (χ4v) is 4.15. The maximum Gasteiger partial charge on any atom is 0.243 e. The van der Waals surface area contributed by atoms with Gasteiger partial charge in [0, 0.05) is 30.4 Å². The van der Waals surface area contributed by atoms with Crippen LogP contribution in [0.3, 0.4) is 0 Å². The van der Waals surface area contributed by atoms with Crippen LogP contribution in [0.4, 0.5) is 0 Å². The van der Waals surface area contributed by atoms with Crippen molar-refractivity contribution in [3.8, 4) is 0 Å². The number of amides is 2. The highest BCUT2D eigenvalue weighted by Gasteiger charge is 2.26. The van der Waals surface area contributed by atoms with Gasteiger partial charge in [-0.05, 0) is 42.0 Å². The Labute approximate surface area is 164 Å². The molecule has 2 atom stereocenters. The van der Waals surface area contributed by atoms with Gasteiger partial charge in [0.15, 0.2) is 0 Å². The van der Waals surface area contributed by atoms with E-state index in [4.69, 9.17) is 0 Å². The van der Waals surface area contributed by atoms with Crippen molar-refractivity contribution < 1.29 is 9.59 Å². The lowest BCUT2D eigenvalue weighted by molar-refractivity contribution is -0.128. The van der Waals surface area contributed by atoms with Crippen molar-refractivity contribution in [3.05, 3.63) is 71.4 Å². The molecule has 2 amide bonds. The number of aryl methyl sites for hydroxylation is 1. The van der Waals surface area contributed by atoms with E-state index in [-0.39, 0.29) is 17.9 Å². The number of para-hydroxylation sites is 1. The summed E-state index contributed by atoms with van der Waals surface area (Å²) in [5.41, 5.74) is 4.54. The van der Waals surface area contributed by atoms with Crippen LogP contribution in [-0.4, -0.2) is 22.8 Å². The number of aromatic amines is 1. The molecular weight excluding hydrogens is 350 g/mol. The van der Waals surface area contributed by atoms with Crippen LogP contribution in [-0.2, 0) is 22.4 Å². The van der Waals surface area contributed by atoms with Crippen molar-refractivity contribution >= 4 is 22.7 Å². The smallest absolute Gasteiger partial charge is 0.243 e. The van der Waals surface area contributed by atoms with Crippen LogP contribution < -0.4 is 10.6 Å². The average Bonchev–Trinajstić information content (AvgIpc) is 3.10. The Morgan fingerprint density at radius 1 is 1.14 bits per heavy atom. The van der Waals surface area contributed by atoms with E-state index in [1.54, 1.807) is 0 Å². The van der Waals surface area contributed by atoms with Crippen molar-refractivity contribution in [2.75, 3.05) is 0 Å². The number of nitrogens with one attached hydrogen (secondary N) is 3. The highest BCUT2D eigenvalue weighted by Crippen LogP contribution is 2.29. The third-order valence-electron chi connectivity index (χ3n) is 5.48. The van der Waals surface area contributed by atoms with Gasteiger partial charge in [-0.25, -0.2) is 0 Å². The minimum Gasteiger partial charge on any atom is -0.361 e. The first-order valence-electron chi connectivity index (χ1n) is 9.82. The summed E-state index contributed by atoms with van der Waals surface area (Å²) in [5, 5.41) is 7.09. The second kappa shape index (κ2) is 7.89. The first-order chi connectivity index (χ1) is 13.6. The topological polar surface area (TPSA) is 74.0 Å². The largest absolute Gasteiger partial charge is 0.361 e. The lowest BCUT2D eigenvalue weighted by Crippen LogP contribution is -2.48. The summed E-state index contributed by atoms with van der Waals surface area (Å²) in [6.45, 7) is 1.45. The Bertz CT molecular complexity index is 1010. The zero-order chi connectivity index (χ0) is 19.5. The minimum atomic E-state index is -0.606. The first kappa shape index (κ1) is 18.3. The van der Waals surface area contributed by atoms with E-state index in [1.807, 2.05) is 42.6 Å². The van der Waals surface area contributed by atoms with Gasteiger partial charge in [0.2, 0.25) is 11.8 Å². The molecule has 5 nitrogen and oxygen atoms in total. The van der Waals surface area contributed by atoms with E-state index >= 15 is 0 Å². The van der Waals surface area contributed by atoms with Crippen LogP contribution in [0.25, 0.3) is 10.9 Å². The monoisotopic (exact) mass is 375 g/mol. The highest BCUT2D eigenvalue weighted by atomic mass is 16.2. The number of fused-ring (bicyclic) bond motifs is 2. The van der Waals surface area contributed by atoms with Gasteiger partial charge in [-0.1, -0.05) is 42.5 Å². The molecule has 0 saturated heterocycles. The molecule has 0 fully saturated rings. The van der Waals surface area contributed by atoms with Crippen LogP contribution in [0.5, 0.6) is 0 Å². The van der Waals surface area contributed by atoms with Crippen molar-refractivity contribution in [1.82, 2.24) is 15.6 Å². The normalized spacial score (nSPS) is 17.0. The molecule has 1 aromatic heterocycles. The second-order valence-corrected chi connectivity index (χ2v) is 7.47. The van der Waals surface area contributed by atoms with E-state index in [0.717, 1.165) is 35.7 Å². The molecule has 28 heavy (non-hydrogen) atoms. The predicted molar refractivity (Wildman–Crippen MR) is 110 cm³/mol. The molecule has 5 heteroatoms. The van der Waals surface area contributed by atoms with Crippen molar-refractivity contribution in [1.29, 1.82) is 0 Å². The lowest BCUT2D eigenvalue weighted by Gasteiger charge is -2.28. The number of benzene rings is 2. The number of carbonyl (C=O) groups is 2. The Balaban J connectivity index is 1.54. The zero-order valence-corrected chi connectivity index (χ0v) is 16.0. The summed E-state index contributed by atoms with van der Waals surface area (Å²) in [4.78, 5) is 28.1. The van der Waals surface area contributed by atoms with Crippen LogP contribution in [0.2, 0.25) is 0 Å². The van der Waals surface area contributed by atoms with Crippen molar-refractivity contribution in [2.24, 2.45) is 0 Å². The lowest BCUT2D eigenvalue weighted by atomic mass is 9.87. The summed E-state index contributed by atoms with van der Waals surface area (Å²) in [6, 6.07) is 15.7. The number of hydrogen-bond donors (Lipinski definition) is 3. The fourth-order valence-electron chi connectivity index (χ4n) is 4.15. The predicted octanol–water partition coefficient (Wildman–Crippen LogP) is 3.41. The second-order valence-electron chi connectivity index (χ2n) is 7.47. The Hall–Kier alpha value is -3.08. The zero-order valence-electron chi connectivity index (χ0n) is 16.0. The maximum atomic E-state index is 13.1. The van der Waals surface area contributed by atoms with E-state index in [1.165, 1.54) is 18.1 Å². The van der Waals surface area contributed by atoms with Gasteiger partial charge in [0.05, 0.1) is 6.04 Å². The molecule has 0 spiro atoms. The summed E-state index contributed by atoms with van der Waals surface area (Å²) in [5.74, 6) is -0.341. The maximum absolute atomic E-state index is 13.1. The van der Waals surface area contributed by atoms with Crippen LogP contribution in [0, 0.1) is 0 Å². The van der Waals surface area contributed by atoms with Crippen LogP contribution in [0.15, 0.2) is 54.7 Å². The van der Waals surface area contributed by atoms with Crippen LogP contribution in [0.1, 0.15) is 42.5 Å². The molecular formula is C23H25N3O2. The van der Waals surface area contributed by atoms with E-state index in [2.05, 4.69) is 27.8 Å². The van der Waals surface area contributed by atoms with Gasteiger partial charge < -0.3 is 15.6 Å². The average molecular weight is 375 g/mol. The SMILES string of the molecule is CC(=O)N[C@@H](Cc1c[nH]c2ccccc12)C(=O)N[C@@H]1CCCc2ccccc21. The Kier molecular flexibility index (Phi) is 5.15.